The zero-order valence-electron chi connectivity index (χ0n) is 22.8. The van der Waals surface area contributed by atoms with Gasteiger partial charge in [-0.25, -0.2) is 9.97 Å². The van der Waals surface area contributed by atoms with Gasteiger partial charge in [0.25, 0.3) is 5.91 Å². The van der Waals surface area contributed by atoms with Crippen LogP contribution in [-0.4, -0.2) is 82.9 Å². The van der Waals surface area contributed by atoms with Crippen LogP contribution in [0.2, 0.25) is 0 Å². The van der Waals surface area contributed by atoms with Gasteiger partial charge in [-0.2, -0.15) is 0 Å². The molecule has 2 N–H and O–H groups in total. The first kappa shape index (κ1) is 29.3. The smallest absolute Gasteiger partial charge is 0.291 e. The molecule has 2 aromatic heterocycles. The third kappa shape index (κ3) is 8.57. The van der Waals surface area contributed by atoms with E-state index in [0.29, 0.717) is 11.5 Å². The quantitative estimate of drug-likeness (QED) is 0.429. The minimum absolute atomic E-state index is 0.201. The zero-order valence-corrected chi connectivity index (χ0v) is 22.8. The number of carbonyl (C=O) groups excluding carboxylic acids is 1. The number of aromatic nitrogens is 4. The summed E-state index contributed by atoms with van der Waals surface area (Å²) in [4.78, 5) is 28.3. The molecule has 0 atom stereocenters. The Bertz CT molecular complexity index is 1180. The lowest BCUT2D eigenvalue weighted by molar-refractivity contribution is 0.0815. The van der Waals surface area contributed by atoms with Gasteiger partial charge < -0.3 is 10.6 Å². The first-order valence-corrected chi connectivity index (χ1v) is 12.3. The van der Waals surface area contributed by atoms with Gasteiger partial charge >= 0.3 is 0 Å². The largest absolute Gasteiger partial charge is 0.382 e. The molecule has 1 aliphatic heterocycles. The molecular formula is C28H38N8O. The molecule has 0 aliphatic carbocycles. The molecular weight excluding hydrogens is 464 g/mol. The molecule has 0 bridgehead atoms. The average Bonchev–Trinajstić information content (AvgIpc) is 2.91. The van der Waals surface area contributed by atoms with Gasteiger partial charge in [0.1, 0.15) is 5.82 Å². The number of anilines is 1. The van der Waals surface area contributed by atoms with E-state index in [2.05, 4.69) is 55.7 Å². The fraction of sp³-hybridized carbons (Fsp3) is 0.357. The molecule has 0 spiro atoms. The maximum Gasteiger partial charge on any atom is 0.291 e. The van der Waals surface area contributed by atoms with Crippen LogP contribution in [0, 0.1) is 0 Å². The van der Waals surface area contributed by atoms with Crippen LogP contribution in [-0.2, 0) is 0 Å². The predicted molar refractivity (Wildman–Crippen MR) is 152 cm³/mol. The molecule has 3 heterocycles. The summed E-state index contributed by atoms with van der Waals surface area (Å²) in [6.45, 7) is 12.9. The molecule has 9 nitrogen and oxygen atoms in total. The minimum Gasteiger partial charge on any atom is -0.382 e. The van der Waals surface area contributed by atoms with Crippen molar-refractivity contribution < 1.29 is 4.79 Å². The lowest BCUT2D eigenvalue weighted by atomic mass is 10.00. The molecule has 0 saturated heterocycles. The van der Waals surface area contributed by atoms with Crippen molar-refractivity contribution in [2.24, 2.45) is 4.99 Å². The van der Waals surface area contributed by atoms with Crippen molar-refractivity contribution in [2.75, 3.05) is 46.5 Å². The number of hydrogen-bond donors (Lipinski definition) is 1. The van der Waals surface area contributed by atoms with Crippen LogP contribution < -0.4 is 5.73 Å². The van der Waals surface area contributed by atoms with Gasteiger partial charge in [0.15, 0.2) is 0 Å². The van der Waals surface area contributed by atoms with E-state index in [1.807, 2.05) is 26.0 Å². The highest BCUT2D eigenvalue weighted by molar-refractivity contribution is 5.91. The van der Waals surface area contributed by atoms with Gasteiger partial charge in [-0.05, 0) is 42.7 Å². The van der Waals surface area contributed by atoms with Crippen LogP contribution in [0.25, 0.3) is 11.1 Å². The summed E-state index contributed by atoms with van der Waals surface area (Å²) in [6.07, 6.45) is 12.2. The number of aliphatic imine (C=N–C) groups is 1. The molecule has 1 aliphatic rings. The summed E-state index contributed by atoms with van der Waals surface area (Å²) in [7, 11) is 5.09. The molecule has 2 aromatic rings. The maximum absolute atomic E-state index is 12.0. The van der Waals surface area contributed by atoms with Gasteiger partial charge in [-0.1, -0.05) is 38.2 Å². The Labute approximate surface area is 220 Å². The summed E-state index contributed by atoms with van der Waals surface area (Å²) in [6, 6.07) is 3.55. The molecule has 0 radical (unpaired) electrons. The Morgan fingerprint density at radius 3 is 2.46 bits per heavy atom. The Kier molecular flexibility index (Phi) is 11.5. The van der Waals surface area contributed by atoms with Crippen molar-refractivity contribution >= 4 is 29.1 Å². The number of hydrogen-bond acceptors (Lipinski definition) is 8. The highest BCUT2D eigenvalue weighted by atomic mass is 16.2. The number of nitrogen functional groups attached to an aromatic ring is 1. The zero-order chi connectivity index (χ0) is 27.4. The monoisotopic (exact) mass is 502 g/mol. The molecule has 0 fully saturated rings. The van der Waals surface area contributed by atoms with Crippen LogP contribution in [0.15, 0.2) is 65.5 Å². The Morgan fingerprint density at radius 1 is 1.22 bits per heavy atom. The molecule has 196 valence electrons. The predicted octanol–water partition coefficient (Wildman–Crippen LogP) is 3.95. The van der Waals surface area contributed by atoms with Crippen molar-refractivity contribution in [1.29, 1.82) is 0 Å². The van der Waals surface area contributed by atoms with Gasteiger partial charge in [0.2, 0.25) is 5.82 Å². The molecule has 0 saturated carbocycles. The van der Waals surface area contributed by atoms with E-state index in [-0.39, 0.29) is 11.7 Å². The number of amides is 1. The Morgan fingerprint density at radius 2 is 1.92 bits per heavy atom. The minimum atomic E-state index is -0.201. The fourth-order valence-corrected chi connectivity index (χ4v) is 3.69. The van der Waals surface area contributed by atoms with Crippen LogP contribution >= 0.6 is 0 Å². The first-order chi connectivity index (χ1) is 17.8. The third-order valence-electron chi connectivity index (χ3n) is 5.50. The van der Waals surface area contributed by atoms with Gasteiger partial charge in [-0.15, -0.1) is 10.2 Å². The van der Waals surface area contributed by atoms with Crippen LogP contribution in [0.1, 0.15) is 49.1 Å². The van der Waals surface area contributed by atoms with E-state index < -0.39 is 0 Å². The molecule has 1 amide bonds. The molecule has 3 rings (SSSR count). The number of rotatable bonds is 8. The van der Waals surface area contributed by atoms with Crippen molar-refractivity contribution in [2.45, 2.75) is 27.2 Å². The Balaban J connectivity index is 0.00000235. The highest BCUT2D eigenvalue weighted by Crippen LogP contribution is 2.24. The number of allylic oxidation sites excluding steroid dienone is 4. The summed E-state index contributed by atoms with van der Waals surface area (Å²) in [5.41, 5.74) is 11.4. The normalized spacial score (nSPS) is 14.6. The van der Waals surface area contributed by atoms with Crippen molar-refractivity contribution in [1.82, 2.24) is 30.0 Å². The summed E-state index contributed by atoms with van der Waals surface area (Å²) in [5.74, 6) is 0.380. The van der Waals surface area contributed by atoms with Gasteiger partial charge in [0, 0.05) is 70.5 Å². The van der Waals surface area contributed by atoms with E-state index in [9.17, 15) is 4.79 Å². The fourth-order valence-electron chi connectivity index (χ4n) is 3.69. The Hall–Kier alpha value is -3.98. The number of nitrogens with zero attached hydrogens (tertiary/aromatic N) is 7. The lowest BCUT2D eigenvalue weighted by Gasteiger charge is -2.26. The van der Waals surface area contributed by atoms with E-state index in [1.165, 1.54) is 16.0 Å². The summed E-state index contributed by atoms with van der Waals surface area (Å²) < 4.78 is 0. The molecule has 9 heteroatoms. The summed E-state index contributed by atoms with van der Waals surface area (Å²) >= 11 is 0. The second-order valence-corrected chi connectivity index (χ2v) is 8.56. The van der Waals surface area contributed by atoms with Crippen molar-refractivity contribution in [3.8, 4) is 0 Å². The number of carbonyl (C=O) groups is 1. The topological polar surface area (TPSA) is 113 Å². The van der Waals surface area contributed by atoms with Crippen LogP contribution in [0.5, 0.6) is 0 Å². The summed E-state index contributed by atoms with van der Waals surface area (Å²) in [5, 5.41) is 8.15. The lowest BCUT2D eigenvalue weighted by Crippen LogP contribution is -2.30. The van der Waals surface area contributed by atoms with Crippen LogP contribution in [0.3, 0.4) is 0 Å². The van der Waals surface area contributed by atoms with E-state index in [4.69, 9.17) is 5.73 Å². The van der Waals surface area contributed by atoms with E-state index in [1.54, 1.807) is 45.8 Å². The second-order valence-electron chi connectivity index (χ2n) is 8.56. The highest BCUT2D eigenvalue weighted by Gasteiger charge is 2.16. The van der Waals surface area contributed by atoms with E-state index in [0.717, 1.165) is 42.8 Å². The van der Waals surface area contributed by atoms with Crippen LogP contribution in [0.4, 0.5) is 5.82 Å². The average molecular weight is 503 g/mol. The van der Waals surface area contributed by atoms with Gasteiger partial charge in [-0.3, -0.25) is 14.7 Å². The maximum atomic E-state index is 12.0. The molecule has 0 aromatic carbocycles. The van der Waals surface area contributed by atoms with Gasteiger partial charge in [0.05, 0.1) is 5.69 Å². The first-order valence-electron chi connectivity index (χ1n) is 12.3. The van der Waals surface area contributed by atoms with E-state index >= 15 is 0 Å². The number of nitrogens with two attached hydrogens (primary N) is 1. The standard InChI is InChI=1S/C26H32N8O.C2H6/c1-18(14-19(2)22(8-11-28-3)23-6-7-24(27)32-31-23)17-34-12-9-20(10-13-34)21-15-29-25(30-16-21)26(35)33(4)5;1-2/h6-9,11,14-16H,2,10,12-13,17H2,1,3-5H3,(H2,27,32);1-2H3/b18-14+,22-8+,28-11?;. The SMILES string of the molecule is C=C(/C=C(\C)CN1CC=C(c2cnc(C(=O)N(C)C)nc2)CC1)/C(=C\C=NC)c1ccc(N)nn1.CC. The molecule has 37 heavy (non-hydrogen) atoms. The van der Waals surface area contributed by atoms with Crippen molar-refractivity contribution in [3.05, 3.63) is 77.6 Å². The third-order valence-corrected chi connectivity index (χ3v) is 5.50. The molecule has 0 unspecified atom stereocenters. The second kappa shape index (κ2) is 14.5. The van der Waals surface area contributed by atoms with Crippen molar-refractivity contribution in [3.63, 3.8) is 0 Å².